The van der Waals surface area contributed by atoms with E-state index >= 15 is 0 Å². The summed E-state index contributed by atoms with van der Waals surface area (Å²) in [6.07, 6.45) is 21.9. The molecule has 6 rings (SSSR count). The van der Waals surface area contributed by atoms with Gasteiger partial charge in [0, 0.05) is 12.3 Å². The van der Waals surface area contributed by atoms with Crippen LogP contribution in [0.2, 0.25) is 0 Å². The van der Waals surface area contributed by atoms with Crippen LogP contribution in [0.4, 0.5) is 0 Å². The van der Waals surface area contributed by atoms with E-state index in [0.29, 0.717) is 69.1 Å². The highest BCUT2D eigenvalue weighted by Gasteiger charge is 2.45. The Bertz CT molecular complexity index is 1180. The number of carbonyl (C=O) groups is 2. The molecule has 0 radical (unpaired) electrons. The molecule has 10 heteroatoms. The number of aliphatic carboxylic acids is 1. The molecule has 49 heavy (non-hydrogen) atoms. The molecular weight excluding hydrogens is 644 g/mol. The fourth-order valence-electron chi connectivity index (χ4n) is 11.4. The Morgan fingerprint density at radius 2 is 1.14 bits per heavy atom. The van der Waals surface area contributed by atoms with Crippen molar-refractivity contribution < 1.29 is 42.7 Å². The summed E-state index contributed by atoms with van der Waals surface area (Å²) in [7, 11) is -3.47. The normalized spacial score (nSPS) is 38.9. The number of sulfone groups is 1. The quantitative estimate of drug-likeness (QED) is 0.124. The van der Waals surface area contributed by atoms with Gasteiger partial charge in [-0.2, -0.15) is 0 Å². The summed E-state index contributed by atoms with van der Waals surface area (Å²) in [4.78, 5) is 30.5. The van der Waals surface area contributed by atoms with Gasteiger partial charge in [-0.25, -0.2) is 13.3 Å². The Kier molecular flexibility index (Phi) is 13.4. The van der Waals surface area contributed by atoms with E-state index in [4.69, 9.17) is 9.47 Å². The fraction of sp³-hybridized carbons (Fsp3) is 0.949. The monoisotopic (exact) mass is 708 g/mol. The van der Waals surface area contributed by atoms with Crippen molar-refractivity contribution in [2.75, 3.05) is 6.61 Å². The molecule has 6 saturated carbocycles. The van der Waals surface area contributed by atoms with Crippen LogP contribution in [0.25, 0.3) is 0 Å². The Hall–Kier alpha value is -1.23. The summed E-state index contributed by atoms with van der Waals surface area (Å²) in [6.45, 7) is 0.264. The van der Waals surface area contributed by atoms with Crippen molar-refractivity contribution >= 4 is 21.8 Å². The number of carbonyl (C=O) groups excluding carboxylic acids is 1. The Balaban J connectivity index is 1.01. The highest BCUT2D eigenvalue weighted by Crippen LogP contribution is 2.45. The molecule has 0 bridgehead atoms. The minimum atomic E-state index is -3.47. The second kappa shape index (κ2) is 17.5. The van der Waals surface area contributed by atoms with Crippen LogP contribution in [-0.4, -0.2) is 66.1 Å². The molecule has 280 valence electrons. The minimum Gasteiger partial charge on any atom is -0.481 e. The topological polar surface area (TPSA) is 136 Å². The van der Waals surface area contributed by atoms with Crippen molar-refractivity contribution in [1.82, 2.24) is 0 Å². The lowest BCUT2D eigenvalue weighted by molar-refractivity contribution is -0.262. The van der Waals surface area contributed by atoms with Crippen LogP contribution >= 0.6 is 0 Å². The van der Waals surface area contributed by atoms with Crippen LogP contribution in [0.1, 0.15) is 154 Å². The first-order chi connectivity index (χ1) is 23.7. The van der Waals surface area contributed by atoms with E-state index in [-0.39, 0.29) is 24.7 Å². The first-order valence-electron chi connectivity index (χ1n) is 20.3. The molecule has 6 aliphatic carbocycles. The number of ether oxygens (including phenoxy) is 2. The third kappa shape index (κ3) is 9.42. The average molecular weight is 709 g/mol. The summed E-state index contributed by atoms with van der Waals surface area (Å²) in [6, 6.07) is 0. The number of carboxylic acids is 1. The van der Waals surface area contributed by atoms with Gasteiger partial charge < -0.3 is 14.6 Å². The van der Waals surface area contributed by atoms with E-state index in [1.807, 2.05) is 0 Å². The second-order valence-corrected chi connectivity index (χ2v) is 19.6. The van der Waals surface area contributed by atoms with Crippen LogP contribution in [-0.2, 0) is 33.8 Å². The smallest absolute Gasteiger partial charge is 0.310 e. The molecule has 0 amide bonds. The van der Waals surface area contributed by atoms with Gasteiger partial charge in [0.25, 0.3) is 0 Å². The molecule has 10 atom stereocenters. The molecular formula is C39H64O9S. The first-order valence-corrected chi connectivity index (χ1v) is 21.9. The van der Waals surface area contributed by atoms with E-state index in [1.165, 1.54) is 64.2 Å². The Morgan fingerprint density at radius 3 is 1.76 bits per heavy atom. The molecule has 10 unspecified atom stereocenters. The van der Waals surface area contributed by atoms with E-state index in [1.54, 1.807) is 0 Å². The Labute approximate surface area is 294 Å². The third-order valence-corrected chi connectivity index (χ3v) is 16.8. The van der Waals surface area contributed by atoms with Crippen LogP contribution < -0.4 is 0 Å². The SMILES string of the molecule is O=C(O)C1CC(C2CCCCC2)CCC1C(=O)OC1CCCC(S(=O)(=O)C2CCCC(OC3CCC(C4CCCCC4)CC3COO)C2)C1. The van der Waals surface area contributed by atoms with Crippen molar-refractivity contribution in [3.05, 3.63) is 0 Å². The van der Waals surface area contributed by atoms with Crippen LogP contribution in [0, 0.1) is 41.4 Å². The van der Waals surface area contributed by atoms with Crippen molar-refractivity contribution in [2.45, 2.75) is 183 Å². The maximum absolute atomic E-state index is 14.1. The summed E-state index contributed by atoms with van der Waals surface area (Å²) >= 11 is 0. The maximum Gasteiger partial charge on any atom is 0.310 e. The zero-order valence-corrected chi connectivity index (χ0v) is 30.6. The molecule has 0 aliphatic heterocycles. The van der Waals surface area contributed by atoms with E-state index in [2.05, 4.69) is 4.89 Å². The number of hydrogen-bond donors (Lipinski definition) is 2. The van der Waals surface area contributed by atoms with Gasteiger partial charge in [-0.15, -0.1) is 0 Å². The Morgan fingerprint density at radius 1 is 0.571 bits per heavy atom. The molecule has 0 spiro atoms. The largest absolute Gasteiger partial charge is 0.481 e. The zero-order chi connectivity index (χ0) is 34.4. The van der Waals surface area contributed by atoms with E-state index in [0.717, 1.165) is 44.4 Å². The maximum atomic E-state index is 14.1. The van der Waals surface area contributed by atoms with Crippen LogP contribution in [0.15, 0.2) is 0 Å². The highest BCUT2D eigenvalue weighted by atomic mass is 32.2. The van der Waals surface area contributed by atoms with E-state index in [9.17, 15) is 28.4 Å². The molecule has 9 nitrogen and oxygen atoms in total. The number of hydrogen-bond acceptors (Lipinski definition) is 8. The minimum absolute atomic E-state index is 0.0238. The van der Waals surface area contributed by atoms with Crippen LogP contribution in [0.5, 0.6) is 0 Å². The average Bonchev–Trinajstić information content (AvgIpc) is 3.13. The lowest BCUT2D eigenvalue weighted by Crippen LogP contribution is -2.44. The van der Waals surface area contributed by atoms with Gasteiger partial charge >= 0.3 is 11.9 Å². The molecule has 6 aliphatic rings. The van der Waals surface area contributed by atoms with Gasteiger partial charge in [-0.3, -0.25) is 14.8 Å². The molecule has 0 heterocycles. The first kappa shape index (κ1) is 37.5. The van der Waals surface area contributed by atoms with Crippen molar-refractivity contribution in [1.29, 1.82) is 0 Å². The van der Waals surface area contributed by atoms with Crippen molar-refractivity contribution in [3.63, 3.8) is 0 Å². The number of rotatable bonds is 11. The van der Waals surface area contributed by atoms with Crippen molar-refractivity contribution in [2.24, 2.45) is 41.4 Å². The fourth-order valence-corrected chi connectivity index (χ4v) is 13.9. The number of carboxylic acid groups (broad SMARTS) is 1. The second-order valence-electron chi connectivity index (χ2n) is 17.1. The number of esters is 1. The lowest BCUT2D eigenvalue weighted by atomic mass is 9.67. The van der Waals surface area contributed by atoms with E-state index < -0.39 is 50.2 Å². The van der Waals surface area contributed by atoms with Gasteiger partial charge in [0.15, 0.2) is 9.84 Å². The lowest BCUT2D eigenvalue weighted by Gasteiger charge is -2.42. The zero-order valence-electron chi connectivity index (χ0n) is 29.8. The summed E-state index contributed by atoms with van der Waals surface area (Å²) < 4.78 is 40.9. The predicted molar refractivity (Wildman–Crippen MR) is 186 cm³/mol. The molecule has 6 fully saturated rings. The van der Waals surface area contributed by atoms with Gasteiger partial charge in [0.05, 0.1) is 41.2 Å². The molecule has 0 aromatic rings. The van der Waals surface area contributed by atoms with Gasteiger partial charge in [0.1, 0.15) is 6.10 Å². The predicted octanol–water partition coefficient (Wildman–Crippen LogP) is 8.14. The van der Waals surface area contributed by atoms with Crippen LogP contribution in [0.3, 0.4) is 0 Å². The summed E-state index contributed by atoms with van der Waals surface area (Å²) in [5, 5.41) is 18.5. The third-order valence-electron chi connectivity index (χ3n) is 14.1. The molecule has 0 aromatic carbocycles. The van der Waals surface area contributed by atoms with Gasteiger partial charge in [-0.1, -0.05) is 64.2 Å². The van der Waals surface area contributed by atoms with Crippen molar-refractivity contribution in [3.8, 4) is 0 Å². The molecule has 0 aromatic heterocycles. The standard InChI is InChI=1S/C39H64O9S/c40-38(41)36-22-29(27-11-5-2-6-12-27)17-19-35(36)39(42)48-32-14-8-16-34(24-32)49(44,45)33-15-7-13-31(23-33)47-37-20-18-28(21-30(37)25-46-43)26-9-3-1-4-10-26/h26-37,43H,1-25H2,(H,40,41). The summed E-state index contributed by atoms with van der Waals surface area (Å²) in [5.41, 5.74) is 0. The van der Waals surface area contributed by atoms with Gasteiger partial charge in [-0.05, 0) is 107 Å². The highest BCUT2D eigenvalue weighted by molar-refractivity contribution is 7.92. The summed E-state index contributed by atoms with van der Waals surface area (Å²) in [5.74, 6) is -0.249. The molecule has 2 N–H and O–H groups in total. The van der Waals surface area contributed by atoms with Gasteiger partial charge in [0.2, 0.25) is 0 Å². The molecule has 0 saturated heterocycles.